The summed E-state index contributed by atoms with van der Waals surface area (Å²) in [4.78, 5) is 27.5. The number of nitrogen functional groups attached to an aromatic ring is 1. The van der Waals surface area contributed by atoms with E-state index in [2.05, 4.69) is 19.9 Å². The summed E-state index contributed by atoms with van der Waals surface area (Å²) in [6, 6.07) is 9.10. The van der Waals surface area contributed by atoms with Crippen molar-refractivity contribution in [2.45, 2.75) is 5.16 Å². The van der Waals surface area contributed by atoms with E-state index in [1.165, 1.54) is 13.3 Å². The molecule has 2 aromatic heterocycles. The quantitative estimate of drug-likeness (QED) is 0.198. The Hall–Kier alpha value is -3.58. The molecule has 136 valence electrons. The second-order valence-corrected chi connectivity index (χ2v) is 6.21. The third kappa shape index (κ3) is 3.83. The normalized spacial score (nSPS) is 11.7. The van der Waals surface area contributed by atoms with Gasteiger partial charge in [-0.25, -0.2) is 19.7 Å². The van der Waals surface area contributed by atoms with Crippen LogP contribution in [0.4, 0.5) is 5.82 Å². The number of nitrogens with zero attached hydrogens (tertiary/aromatic N) is 4. The first kappa shape index (κ1) is 18.2. The topological polar surface area (TPSA) is 151 Å². The molecular formula is C17H14N6O3S. The Morgan fingerprint density at radius 1 is 1.41 bits per heavy atom. The smallest absolute Gasteiger partial charge is 0.345 e. The van der Waals surface area contributed by atoms with Crippen LogP contribution in [0.25, 0.3) is 16.6 Å². The molecule has 0 aliphatic heterocycles. The van der Waals surface area contributed by atoms with Gasteiger partial charge in [-0.2, -0.15) is 5.26 Å². The fourth-order valence-corrected chi connectivity index (χ4v) is 2.96. The minimum atomic E-state index is -0.729. The van der Waals surface area contributed by atoms with Crippen molar-refractivity contribution in [1.29, 1.82) is 5.26 Å². The van der Waals surface area contributed by atoms with Gasteiger partial charge in [0.05, 0.1) is 30.1 Å². The molecule has 0 radical (unpaired) electrons. The van der Waals surface area contributed by atoms with Crippen LogP contribution in [-0.2, 0) is 9.53 Å². The van der Waals surface area contributed by atoms with E-state index in [1.807, 2.05) is 18.2 Å². The van der Waals surface area contributed by atoms with Crippen LogP contribution in [-0.4, -0.2) is 43.9 Å². The molecule has 0 aliphatic rings. The molecule has 10 heteroatoms. The van der Waals surface area contributed by atoms with Crippen LogP contribution in [0, 0.1) is 11.3 Å². The highest BCUT2D eigenvalue weighted by Crippen LogP contribution is 2.24. The summed E-state index contributed by atoms with van der Waals surface area (Å²) in [5.74, 6) is -0.762. The lowest BCUT2D eigenvalue weighted by molar-refractivity contribution is -0.133. The van der Waals surface area contributed by atoms with Crippen LogP contribution in [0.1, 0.15) is 11.4 Å². The molecule has 9 nitrogen and oxygen atoms in total. The number of para-hydroxylation sites is 2. The lowest BCUT2D eigenvalue weighted by atomic mass is 10.2. The predicted molar refractivity (Wildman–Crippen MR) is 99.5 cm³/mol. The molecule has 0 spiro atoms. The van der Waals surface area contributed by atoms with Crippen molar-refractivity contribution in [3.63, 3.8) is 0 Å². The number of aliphatic hydroxyl groups excluding tert-OH is 1. The van der Waals surface area contributed by atoms with E-state index in [-0.39, 0.29) is 39.4 Å². The second kappa shape index (κ2) is 7.76. The number of rotatable bonds is 5. The number of carbonyl (C=O) groups excluding carboxylic acids is 1. The molecule has 3 aromatic rings. The number of nitrogens with one attached hydrogen (secondary N) is 1. The van der Waals surface area contributed by atoms with Gasteiger partial charge in [-0.15, -0.1) is 0 Å². The molecule has 0 amide bonds. The molecule has 2 heterocycles. The average molecular weight is 382 g/mol. The van der Waals surface area contributed by atoms with E-state index in [0.717, 1.165) is 17.3 Å². The number of esters is 1. The zero-order valence-electron chi connectivity index (χ0n) is 14.1. The maximum absolute atomic E-state index is 12.2. The third-order valence-corrected chi connectivity index (χ3v) is 4.43. The minimum Gasteiger partial charge on any atom is -0.510 e. The Morgan fingerprint density at radius 3 is 2.85 bits per heavy atom. The molecule has 0 aliphatic carbocycles. The highest BCUT2D eigenvalue weighted by Gasteiger charge is 2.22. The highest BCUT2D eigenvalue weighted by molar-refractivity contribution is 7.99. The Bertz CT molecular complexity index is 1050. The van der Waals surface area contributed by atoms with Crippen molar-refractivity contribution < 1.29 is 14.6 Å². The molecule has 3 rings (SSSR count). The Morgan fingerprint density at radius 2 is 2.19 bits per heavy atom. The summed E-state index contributed by atoms with van der Waals surface area (Å²) >= 11 is 1.05. The molecule has 0 saturated heterocycles. The van der Waals surface area contributed by atoms with E-state index in [0.29, 0.717) is 5.52 Å². The van der Waals surface area contributed by atoms with Gasteiger partial charge in [0.25, 0.3) is 0 Å². The van der Waals surface area contributed by atoms with E-state index in [1.54, 1.807) is 12.1 Å². The molecule has 0 atom stereocenters. The number of aromatic nitrogens is 4. The fraction of sp³-hybridized carbons (Fsp3) is 0.118. The van der Waals surface area contributed by atoms with Gasteiger partial charge < -0.3 is 20.6 Å². The monoisotopic (exact) mass is 382 g/mol. The number of carbonyl (C=O) groups is 1. The number of methoxy groups -OCH3 is 1. The van der Waals surface area contributed by atoms with Gasteiger partial charge in [0, 0.05) is 0 Å². The molecule has 0 saturated carbocycles. The van der Waals surface area contributed by atoms with Crippen LogP contribution in [0.15, 0.2) is 41.4 Å². The van der Waals surface area contributed by atoms with Gasteiger partial charge >= 0.3 is 5.97 Å². The van der Waals surface area contributed by atoms with E-state index in [4.69, 9.17) is 15.7 Å². The van der Waals surface area contributed by atoms with Crippen LogP contribution in [0.5, 0.6) is 0 Å². The Balaban J connectivity index is 1.91. The first-order valence-electron chi connectivity index (χ1n) is 7.64. The molecule has 0 fully saturated rings. The molecule has 4 N–H and O–H groups in total. The second-order valence-electron chi connectivity index (χ2n) is 5.27. The van der Waals surface area contributed by atoms with Crippen molar-refractivity contribution >= 4 is 40.2 Å². The average Bonchev–Trinajstić information content (AvgIpc) is 3.09. The maximum atomic E-state index is 12.2. The lowest BCUT2D eigenvalue weighted by Gasteiger charge is -2.07. The standard InChI is InChI=1S/C17H14N6O3S/c1-26-16(25)13(15-21-10-4-2-3-5-11(10)22-15)12(24)8-27-17-20-7-9(6-18)14(19)23-17/h2-5,7,24H,8H2,1H3,(H,21,22)(H2,19,20,23)/b13-12+. The number of anilines is 1. The van der Waals surface area contributed by atoms with Gasteiger partial charge in [-0.3, -0.25) is 0 Å². The van der Waals surface area contributed by atoms with Crippen molar-refractivity contribution in [3.8, 4) is 6.07 Å². The number of aliphatic hydroxyl groups is 1. The van der Waals surface area contributed by atoms with Gasteiger partial charge in [0.15, 0.2) is 5.16 Å². The largest absolute Gasteiger partial charge is 0.510 e. The third-order valence-electron chi connectivity index (χ3n) is 3.56. The number of benzene rings is 1. The van der Waals surface area contributed by atoms with Crippen LogP contribution >= 0.6 is 11.8 Å². The summed E-state index contributed by atoms with van der Waals surface area (Å²) < 4.78 is 4.77. The summed E-state index contributed by atoms with van der Waals surface area (Å²) in [5.41, 5.74) is 7.10. The number of fused-ring (bicyclic) bond motifs is 1. The van der Waals surface area contributed by atoms with Gasteiger partial charge in [0.1, 0.15) is 34.6 Å². The van der Waals surface area contributed by atoms with E-state index in [9.17, 15) is 9.90 Å². The predicted octanol–water partition coefficient (Wildman–Crippen LogP) is 2.04. The summed E-state index contributed by atoms with van der Waals surface area (Å²) in [5, 5.41) is 19.6. The van der Waals surface area contributed by atoms with Gasteiger partial charge in [-0.1, -0.05) is 23.9 Å². The Kier molecular flexibility index (Phi) is 5.23. The van der Waals surface area contributed by atoms with E-state index >= 15 is 0 Å². The van der Waals surface area contributed by atoms with Crippen molar-refractivity contribution in [3.05, 3.63) is 47.6 Å². The number of hydrogen-bond donors (Lipinski definition) is 3. The van der Waals surface area contributed by atoms with Crippen molar-refractivity contribution in [1.82, 2.24) is 19.9 Å². The summed E-state index contributed by atoms with van der Waals surface area (Å²) in [6.45, 7) is 0. The number of hydrogen-bond acceptors (Lipinski definition) is 9. The van der Waals surface area contributed by atoms with Crippen LogP contribution < -0.4 is 5.73 Å². The number of nitrogens with two attached hydrogens (primary N) is 1. The highest BCUT2D eigenvalue weighted by atomic mass is 32.2. The first-order chi connectivity index (χ1) is 13.0. The number of ether oxygens (including phenoxy) is 1. The molecule has 0 bridgehead atoms. The Labute approximate surface area is 157 Å². The first-order valence-corrected chi connectivity index (χ1v) is 8.63. The van der Waals surface area contributed by atoms with Crippen LogP contribution in [0.3, 0.4) is 0 Å². The molecule has 27 heavy (non-hydrogen) atoms. The minimum absolute atomic E-state index is 0.0210. The van der Waals surface area contributed by atoms with Crippen molar-refractivity contribution in [2.75, 3.05) is 18.6 Å². The van der Waals surface area contributed by atoms with Crippen LogP contribution in [0.2, 0.25) is 0 Å². The summed E-state index contributed by atoms with van der Waals surface area (Å²) in [7, 11) is 1.22. The lowest BCUT2D eigenvalue weighted by Crippen LogP contribution is -2.10. The molecular weight excluding hydrogens is 368 g/mol. The van der Waals surface area contributed by atoms with Crippen molar-refractivity contribution in [2.24, 2.45) is 0 Å². The molecule has 0 unspecified atom stereocenters. The zero-order chi connectivity index (χ0) is 19.4. The number of H-pyrrole nitrogens is 1. The fourth-order valence-electron chi connectivity index (χ4n) is 2.26. The number of aromatic amines is 1. The zero-order valence-corrected chi connectivity index (χ0v) is 14.9. The van der Waals surface area contributed by atoms with E-state index < -0.39 is 5.97 Å². The van der Waals surface area contributed by atoms with Gasteiger partial charge in [-0.05, 0) is 12.1 Å². The number of thioether (sulfide) groups is 1. The summed E-state index contributed by atoms with van der Waals surface area (Å²) in [6.07, 6.45) is 1.30. The maximum Gasteiger partial charge on any atom is 0.345 e. The SMILES string of the molecule is COC(=O)/C(=C(/O)CSc1ncc(C#N)c(N)n1)c1nc2ccccc2[nH]1. The number of imidazole rings is 1. The number of nitriles is 1. The van der Waals surface area contributed by atoms with Gasteiger partial charge in [0.2, 0.25) is 0 Å². The molecule has 1 aromatic carbocycles.